The number of rotatable bonds is 4. The molecule has 0 amide bonds. The molecule has 1 atom stereocenters. The van der Waals surface area contributed by atoms with E-state index in [-0.39, 0.29) is 6.10 Å². The molecular weight excluding hydrogens is 270 g/mol. The van der Waals surface area contributed by atoms with Crippen molar-refractivity contribution in [1.29, 1.82) is 0 Å². The number of nitrogens with zero attached hydrogens (tertiary/aromatic N) is 6. The zero-order chi connectivity index (χ0) is 14.7. The van der Waals surface area contributed by atoms with Crippen LogP contribution in [-0.2, 0) is 0 Å². The van der Waals surface area contributed by atoms with Crippen molar-refractivity contribution in [2.24, 2.45) is 0 Å². The van der Waals surface area contributed by atoms with E-state index in [2.05, 4.69) is 25.3 Å². The van der Waals surface area contributed by atoms with Crippen molar-refractivity contribution in [1.82, 2.24) is 24.5 Å². The highest BCUT2D eigenvalue weighted by Crippen LogP contribution is 2.18. The van der Waals surface area contributed by atoms with E-state index < -0.39 is 0 Å². The zero-order valence-electron chi connectivity index (χ0n) is 12.0. The molecule has 2 N–H and O–H groups in total. The van der Waals surface area contributed by atoms with Crippen molar-refractivity contribution in [2.75, 3.05) is 29.9 Å². The Morgan fingerprint density at radius 3 is 2.90 bits per heavy atom. The van der Waals surface area contributed by atoms with E-state index in [0.29, 0.717) is 24.4 Å². The molecule has 2 aromatic heterocycles. The lowest BCUT2D eigenvalue weighted by Crippen LogP contribution is -2.39. The summed E-state index contributed by atoms with van der Waals surface area (Å²) in [5, 5.41) is 12.9. The molecule has 1 unspecified atom stereocenters. The van der Waals surface area contributed by atoms with Crippen molar-refractivity contribution in [3.63, 3.8) is 0 Å². The number of anilines is 2. The van der Waals surface area contributed by atoms with Crippen LogP contribution in [0.25, 0.3) is 5.95 Å². The van der Waals surface area contributed by atoms with Gasteiger partial charge >= 0.3 is 0 Å². The van der Waals surface area contributed by atoms with Crippen LogP contribution in [0.2, 0.25) is 0 Å². The largest absolute Gasteiger partial charge is 0.391 e. The number of aromatic nitrogens is 5. The van der Waals surface area contributed by atoms with Gasteiger partial charge < -0.3 is 15.3 Å². The summed E-state index contributed by atoms with van der Waals surface area (Å²) in [6, 6.07) is 0. The van der Waals surface area contributed by atoms with E-state index in [1.165, 1.54) is 0 Å². The second kappa shape index (κ2) is 6.04. The zero-order valence-corrected chi connectivity index (χ0v) is 12.0. The summed E-state index contributed by atoms with van der Waals surface area (Å²) in [7, 11) is 0. The summed E-state index contributed by atoms with van der Waals surface area (Å²) in [5.74, 6) is 1.64. The van der Waals surface area contributed by atoms with Crippen molar-refractivity contribution in [3.8, 4) is 5.95 Å². The lowest BCUT2D eigenvalue weighted by atomic mass is 10.1. The van der Waals surface area contributed by atoms with Gasteiger partial charge in [-0.25, -0.2) is 4.98 Å². The molecule has 0 spiro atoms. The molecule has 1 aliphatic heterocycles. The highest BCUT2D eigenvalue weighted by molar-refractivity contribution is 5.40. The molecule has 112 valence electrons. The first-order chi connectivity index (χ1) is 10.3. The summed E-state index contributed by atoms with van der Waals surface area (Å²) in [6.07, 6.45) is 6.57. The first kappa shape index (κ1) is 13.7. The lowest BCUT2D eigenvalue weighted by Gasteiger charge is -2.30. The van der Waals surface area contributed by atoms with Gasteiger partial charge in [-0.15, -0.1) is 0 Å². The van der Waals surface area contributed by atoms with Crippen molar-refractivity contribution >= 4 is 11.9 Å². The minimum Gasteiger partial charge on any atom is -0.391 e. The second-order valence-corrected chi connectivity index (χ2v) is 5.00. The van der Waals surface area contributed by atoms with Crippen molar-refractivity contribution in [2.45, 2.75) is 25.9 Å². The van der Waals surface area contributed by atoms with Gasteiger partial charge in [0, 0.05) is 32.0 Å². The molecule has 0 aliphatic carbocycles. The van der Waals surface area contributed by atoms with Gasteiger partial charge in [-0.3, -0.25) is 4.57 Å². The molecule has 21 heavy (non-hydrogen) atoms. The number of imidazole rings is 1. The summed E-state index contributed by atoms with van der Waals surface area (Å²) in [6.45, 7) is 4.12. The number of aliphatic hydroxyl groups excluding tert-OH is 1. The van der Waals surface area contributed by atoms with Gasteiger partial charge in [0.15, 0.2) is 0 Å². The molecule has 1 aliphatic rings. The SMILES string of the molecule is CCNc1nc(N2CCCC(O)C2)nc(-n2ccnc2)n1. The molecule has 1 fully saturated rings. The molecule has 0 saturated carbocycles. The van der Waals surface area contributed by atoms with Gasteiger partial charge in [0.25, 0.3) is 0 Å². The van der Waals surface area contributed by atoms with E-state index in [9.17, 15) is 5.11 Å². The fourth-order valence-corrected chi connectivity index (χ4v) is 2.36. The third-order valence-electron chi connectivity index (χ3n) is 3.36. The van der Waals surface area contributed by atoms with Crippen molar-refractivity contribution in [3.05, 3.63) is 18.7 Å². The van der Waals surface area contributed by atoms with Gasteiger partial charge in [0.05, 0.1) is 6.10 Å². The third-order valence-corrected chi connectivity index (χ3v) is 3.36. The molecule has 3 heterocycles. The van der Waals surface area contributed by atoms with Crippen LogP contribution in [0.15, 0.2) is 18.7 Å². The maximum Gasteiger partial charge on any atom is 0.241 e. The summed E-state index contributed by atoms with van der Waals surface area (Å²) >= 11 is 0. The monoisotopic (exact) mass is 289 g/mol. The molecular formula is C13H19N7O. The van der Waals surface area contributed by atoms with Gasteiger partial charge in [-0.2, -0.15) is 15.0 Å². The minimum absolute atomic E-state index is 0.324. The molecule has 0 bridgehead atoms. The Balaban J connectivity index is 1.95. The van der Waals surface area contributed by atoms with Gasteiger partial charge in [0.2, 0.25) is 17.8 Å². The molecule has 1 saturated heterocycles. The van der Waals surface area contributed by atoms with E-state index in [4.69, 9.17) is 0 Å². The predicted octanol–water partition coefficient (Wildman–Crippen LogP) is 0.450. The van der Waals surface area contributed by atoms with Gasteiger partial charge in [-0.1, -0.05) is 0 Å². The van der Waals surface area contributed by atoms with Crippen LogP contribution >= 0.6 is 0 Å². The van der Waals surface area contributed by atoms with Gasteiger partial charge in [0.1, 0.15) is 6.33 Å². The van der Waals surface area contributed by atoms with E-state index in [1.54, 1.807) is 23.3 Å². The second-order valence-electron chi connectivity index (χ2n) is 5.00. The minimum atomic E-state index is -0.324. The van der Waals surface area contributed by atoms with Crippen LogP contribution in [0.4, 0.5) is 11.9 Å². The number of hydrogen-bond acceptors (Lipinski definition) is 7. The van der Waals surface area contributed by atoms with Crippen LogP contribution in [0.1, 0.15) is 19.8 Å². The fourth-order valence-electron chi connectivity index (χ4n) is 2.36. The smallest absolute Gasteiger partial charge is 0.241 e. The topological polar surface area (TPSA) is 92.0 Å². The van der Waals surface area contributed by atoms with Gasteiger partial charge in [-0.05, 0) is 19.8 Å². The third kappa shape index (κ3) is 3.10. The molecule has 0 radical (unpaired) electrons. The number of aliphatic hydroxyl groups is 1. The first-order valence-corrected chi connectivity index (χ1v) is 7.17. The molecule has 3 rings (SSSR count). The Morgan fingerprint density at radius 1 is 1.33 bits per heavy atom. The van der Waals surface area contributed by atoms with Crippen LogP contribution in [-0.4, -0.2) is 55.3 Å². The van der Waals surface area contributed by atoms with Crippen LogP contribution in [0.3, 0.4) is 0 Å². The molecule has 0 aromatic carbocycles. The van der Waals surface area contributed by atoms with E-state index in [0.717, 1.165) is 25.9 Å². The molecule has 2 aromatic rings. The van der Waals surface area contributed by atoms with Crippen molar-refractivity contribution < 1.29 is 5.11 Å². The Hall–Kier alpha value is -2.22. The number of nitrogens with one attached hydrogen (secondary N) is 1. The number of piperidine rings is 1. The summed E-state index contributed by atoms with van der Waals surface area (Å²) < 4.78 is 1.74. The first-order valence-electron chi connectivity index (χ1n) is 7.17. The van der Waals surface area contributed by atoms with Crippen LogP contribution in [0, 0.1) is 0 Å². The highest BCUT2D eigenvalue weighted by atomic mass is 16.3. The lowest BCUT2D eigenvalue weighted by molar-refractivity contribution is 0.153. The molecule has 8 heteroatoms. The summed E-state index contributed by atoms with van der Waals surface area (Å²) in [5.41, 5.74) is 0. The van der Waals surface area contributed by atoms with E-state index in [1.807, 2.05) is 11.8 Å². The maximum absolute atomic E-state index is 9.82. The Bertz CT molecular complexity index is 586. The average molecular weight is 289 g/mol. The fraction of sp³-hybridized carbons (Fsp3) is 0.538. The highest BCUT2D eigenvalue weighted by Gasteiger charge is 2.21. The average Bonchev–Trinajstić information content (AvgIpc) is 3.01. The predicted molar refractivity (Wildman–Crippen MR) is 78.6 cm³/mol. The Kier molecular flexibility index (Phi) is 3.96. The maximum atomic E-state index is 9.82. The number of hydrogen-bond donors (Lipinski definition) is 2. The van der Waals surface area contributed by atoms with Crippen LogP contribution < -0.4 is 10.2 Å². The van der Waals surface area contributed by atoms with E-state index >= 15 is 0 Å². The normalized spacial score (nSPS) is 18.8. The Labute approximate surface area is 122 Å². The van der Waals surface area contributed by atoms with Crippen LogP contribution in [0.5, 0.6) is 0 Å². The molecule has 8 nitrogen and oxygen atoms in total. The standard InChI is InChI=1S/C13H19N7O/c1-2-15-11-16-12(19-6-3-4-10(21)8-19)18-13(17-11)20-7-5-14-9-20/h5,7,9-10,21H,2-4,6,8H2,1H3,(H,15,16,17,18). The summed E-state index contributed by atoms with van der Waals surface area (Å²) in [4.78, 5) is 19.3. The Morgan fingerprint density at radius 2 is 2.19 bits per heavy atom. The quantitative estimate of drug-likeness (QED) is 0.844. The number of β-amino-alcohol motifs (C(OH)–C–C–N with tert-alkyl or cyclic N) is 1.